The number of hydrogen-bond donors (Lipinski definition) is 1. The Balaban J connectivity index is 2.10. The average Bonchev–Trinajstić information content (AvgIpc) is 3.05. The number of nitrogens with zero attached hydrogens (tertiary/aromatic N) is 5. The molecule has 0 spiro atoms. The third-order valence-electron chi connectivity index (χ3n) is 2.93. The summed E-state index contributed by atoms with van der Waals surface area (Å²) in [6, 6.07) is 7.37. The van der Waals surface area contributed by atoms with Gasteiger partial charge in [0.15, 0.2) is 5.65 Å². The van der Waals surface area contributed by atoms with Gasteiger partial charge >= 0.3 is 5.69 Å². The lowest BCUT2D eigenvalue weighted by Crippen LogP contribution is -2.17. The maximum atomic E-state index is 12.0. The van der Waals surface area contributed by atoms with Gasteiger partial charge in [0.25, 0.3) is 5.89 Å². The maximum absolute atomic E-state index is 12.0. The lowest BCUT2D eigenvalue weighted by Gasteiger charge is -1.97. The Kier molecular flexibility index (Phi) is 2.02. The molecule has 0 saturated heterocycles. The van der Waals surface area contributed by atoms with Crippen LogP contribution in [-0.2, 0) is 0 Å². The van der Waals surface area contributed by atoms with Gasteiger partial charge in [-0.15, -0.1) is 15.3 Å². The highest BCUT2D eigenvalue weighted by atomic mass is 16.4. The van der Waals surface area contributed by atoms with Gasteiger partial charge < -0.3 is 9.40 Å². The van der Waals surface area contributed by atoms with Crippen molar-refractivity contribution in [2.45, 2.75) is 6.92 Å². The third-order valence-corrected chi connectivity index (χ3v) is 2.93. The highest BCUT2D eigenvalue weighted by molar-refractivity contribution is 5.91. The van der Waals surface area contributed by atoms with Gasteiger partial charge in [0.2, 0.25) is 11.7 Å². The second kappa shape index (κ2) is 3.73. The van der Waals surface area contributed by atoms with E-state index >= 15 is 0 Å². The minimum absolute atomic E-state index is 0.190. The van der Waals surface area contributed by atoms with Gasteiger partial charge in [-0.1, -0.05) is 12.1 Å². The van der Waals surface area contributed by atoms with Gasteiger partial charge in [-0.05, 0) is 12.1 Å². The lowest BCUT2D eigenvalue weighted by atomic mass is 10.2. The lowest BCUT2D eigenvalue weighted by molar-refractivity contribution is 0.528. The van der Waals surface area contributed by atoms with Gasteiger partial charge in [0.1, 0.15) is 0 Å². The zero-order chi connectivity index (χ0) is 13.7. The van der Waals surface area contributed by atoms with Crippen molar-refractivity contribution in [3.05, 3.63) is 40.6 Å². The molecule has 3 aromatic heterocycles. The van der Waals surface area contributed by atoms with E-state index < -0.39 is 0 Å². The van der Waals surface area contributed by atoms with E-state index in [1.165, 1.54) is 4.52 Å². The summed E-state index contributed by atoms with van der Waals surface area (Å²) in [5.41, 5.74) is 0.787. The molecule has 20 heavy (non-hydrogen) atoms. The normalized spacial score (nSPS) is 11.4. The number of aromatic amines is 1. The van der Waals surface area contributed by atoms with Crippen LogP contribution in [0.4, 0.5) is 0 Å². The van der Waals surface area contributed by atoms with E-state index in [4.69, 9.17) is 4.42 Å². The van der Waals surface area contributed by atoms with E-state index in [-0.39, 0.29) is 17.4 Å². The molecule has 1 N–H and O–H groups in total. The van der Waals surface area contributed by atoms with E-state index in [2.05, 4.69) is 25.3 Å². The Morgan fingerprint density at radius 3 is 2.90 bits per heavy atom. The van der Waals surface area contributed by atoms with Crippen LogP contribution in [0, 0.1) is 6.92 Å². The predicted molar refractivity (Wildman–Crippen MR) is 69.1 cm³/mol. The fraction of sp³-hybridized carbons (Fsp3) is 0.0833. The van der Waals surface area contributed by atoms with Crippen LogP contribution >= 0.6 is 0 Å². The highest BCUT2D eigenvalue weighted by Gasteiger charge is 2.15. The van der Waals surface area contributed by atoms with E-state index in [0.29, 0.717) is 17.1 Å². The summed E-state index contributed by atoms with van der Waals surface area (Å²) in [6.07, 6.45) is 0. The van der Waals surface area contributed by atoms with Crippen LogP contribution in [0.5, 0.6) is 0 Å². The van der Waals surface area contributed by atoms with Gasteiger partial charge in [0.05, 0.1) is 5.52 Å². The number of benzene rings is 1. The first-order valence-corrected chi connectivity index (χ1v) is 5.90. The molecule has 8 heteroatoms. The van der Waals surface area contributed by atoms with Crippen LogP contribution in [0.3, 0.4) is 0 Å². The maximum Gasteiger partial charge on any atom is 0.348 e. The topological polar surface area (TPSA) is 102 Å². The zero-order valence-corrected chi connectivity index (χ0v) is 10.4. The molecule has 4 aromatic rings. The summed E-state index contributed by atoms with van der Waals surface area (Å²) < 4.78 is 6.47. The summed E-state index contributed by atoms with van der Waals surface area (Å²) in [5, 5.41) is 12.5. The van der Waals surface area contributed by atoms with Crippen molar-refractivity contribution >= 4 is 16.6 Å². The first kappa shape index (κ1) is 10.9. The molecule has 0 saturated carbocycles. The van der Waals surface area contributed by atoms with E-state index in [1.54, 1.807) is 6.92 Å². The van der Waals surface area contributed by atoms with E-state index in [9.17, 15) is 4.79 Å². The smallest absolute Gasteiger partial charge is 0.348 e. The SMILES string of the molecule is Cc1nnc(-c2nc3c4ccccc4[nH]c(=O)n3n2)o1. The second-order valence-electron chi connectivity index (χ2n) is 4.27. The number of hydrogen-bond acceptors (Lipinski definition) is 6. The molecular formula is C12H8N6O2. The number of fused-ring (bicyclic) bond motifs is 3. The summed E-state index contributed by atoms with van der Waals surface area (Å²) in [4.78, 5) is 19.0. The molecular weight excluding hydrogens is 260 g/mol. The van der Waals surface area contributed by atoms with Crippen LogP contribution in [0.2, 0.25) is 0 Å². The van der Waals surface area contributed by atoms with Crippen LogP contribution in [0.25, 0.3) is 28.3 Å². The van der Waals surface area contributed by atoms with Crippen molar-refractivity contribution in [1.82, 2.24) is 29.8 Å². The standard InChI is InChI=1S/C12H8N6O2/c1-6-15-16-11(20-6)9-14-10-7-4-2-3-5-8(7)13-12(19)18(10)17-9/h2-5H,1H3,(H,13,19). The Labute approximate surface area is 111 Å². The molecule has 0 amide bonds. The zero-order valence-electron chi connectivity index (χ0n) is 10.4. The Morgan fingerprint density at radius 1 is 1.25 bits per heavy atom. The van der Waals surface area contributed by atoms with Gasteiger partial charge in [-0.2, -0.15) is 4.52 Å². The monoisotopic (exact) mass is 268 g/mol. The first-order valence-electron chi connectivity index (χ1n) is 5.90. The number of para-hydroxylation sites is 1. The van der Waals surface area contributed by atoms with Gasteiger partial charge in [0, 0.05) is 12.3 Å². The number of H-pyrrole nitrogens is 1. The van der Waals surface area contributed by atoms with Crippen molar-refractivity contribution < 1.29 is 4.42 Å². The average molecular weight is 268 g/mol. The largest absolute Gasteiger partial charge is 0.418 e. The summed E-state index contributed by atoms with van der Waals surface area (Å²) in [5.74, 6) is 0.833. The molecule has 0 aliphatic rings. The molecule has 0 aliphatic carbocycles. The molecule has 0 aliphatic heterocycles. The molecule has 0 fully saturated rings. The number of nitrogens with one attached hydrogen (secondary N) is 1. The van der Waals surface area contributed by atoms with Gasteiger partial charge in [-0.25, -0.2) is 9.78 Å². The van der Waals surface area contributed by atoms with Crippen molar-refractivity contribution in [2.24, 2.45) is 0 Å². The molecule has 3 heterocycles. The quantitative estimate of drug-likeness (QED) is 0.551. The summed E-state index contributed by atoms with van der Waals surface area (Å²) in [7, 11) is 0. The molecule has 0 atom stereocenters. The van der Waals surface area contributed by atoms with E-state index in [0.717, 1.165) is 5.39 Å². The Hall–Kier alpha value is -3.03. The van der Waals surface area contributed by atoms with E-state index in [1.807, 2.05) is 24.3 Å². The molecule has 98 valence electrons. The number of rotatable bonds is 1. The third kappa shape index (κ3) is 1.44. The molecule has 4 rings (SSSR count). The van der Waals surface area contributed by atoms with Crippen LogP contribution in [0.15, 0.2) is 33.5 Å². The molecule has 0 radical (unpaired) electrons. The number of aryl methyl sites for hydroxylation is 1. The second-order valence-corrected chi connectivity index (χ2v) is 4.27. The van der Waals surface area contributed by atoms with Crippen molar-refractivity contribution in [3.63, 3.8) is 0 Å². The number of aromatic nitrogens is 6. The molecule has 1 aromatic carbocycles. The Bertz CT molecular complexity index is 996. The van der Waals surface area contributed by atoms with Gasteiger partial charge in [-0.3, -0.25) is 0 Å². The fourth-order valence-corrected chi connectivity index (χ4v) is 2.06. The first-order chi connectivity index (χ1) is 9.72. The van der Waals surface area contributed by atoms with Crippen LogP contribution in [-0.4, -0.2) is 29.8 Å². The molecule has 0 unspecified atom stereocenters. The minimum Gasteiger partial charge on any atom is -0.418 e. The summed E-state index contributed by atoms with van der Waals surface area (Å²) >= 11 is 0. The van der Waals surface area contributed by atoms with Crippen molar-refractivity contribution in [1.29, 1.82) is 0 Å². The van der Waals surface area contributed by atoms with Crippen molar-refractivity contribution in [2.75, 3.05) is 0 Å². The summed E-state index contributed by atoms with van der Waals surface area (Å²) in [6.45, 7) is 1.68. The highest BCUT2D eigenvalue weighted by Crippen LogP contribution is 2.18. The predicted octanol–water partition coefficient (Wildman–Crippen LogP) is 0.929. The van der Waals surface area contributed by atoms with Crippen LogP contribution in [0.1, 0.15) is 5.89 Å². The van der Waals surface area contributed by atoms with Crippen LogP contribution < -0.4 is 5.69 Å². The fourth-order valence-electron chi connectivity index (χ4n) is 2.06. The molecule has 0 bridgehead atoms. The minimum atomic E-state index is -0.367. The van der Waals surface area contributed by atoms with Crippen molar-refractivity contribution in [3.8, 4) is 11.7 Å². The Morgan fingerprint density at radius 2 is 2.10 bits per heavy atom. The molecule has 8 nitrogen and oxygen atoms in total.